The summed E-state index contributed by atoms with van der Waals surface area (Å²) >= 11 is 5.27. The summed E-state index contributed by atoms with van der Waals surface area (Å²) in [6.45, 7) is 2.06. The molecule has 0 aliphatic carbocycles. The molecule has 1 aromatic carbocycles. The highest BCUT2D eigenvalue weighted by Crippen LogP contribution is 2.38. The number of nitrogens with one attached hydrogen (secondary N) is 1. The van der Waals surface area contributed by atoms with Gasteiger partial charge in [-0.05, 0) is 24.1 Å². The molecule has 4 atom stereocenters. The third-order valence-electron chi connectivity index (χ3n) is 5.14. The summed E-state index contributed by atoms with van der Waals surface area (Å²) in [5.41, 5.74) is 0.809. The average Bonchev–Trinajstić information content (AvgIpc) is 3.03. The number of unbranched alkanes of at least 4 members (excludes halogenated alkanes) is 1. The normalized spacial score (nSPS) is 23.1. The monoisotopic (exact) mass is 502 g/mol. The molecule has 0 radical (unpaired) electrons. The van der Waals surface area contributed by atoms with E-state index in [2.05, 4.69) is 16.4 Å². The number of hydrogen-bond acceptors (Lipinski definition) is 8. The Labute approximate surface area is 194 Å². The van der Waals surface area contributed by atoms with Crippen LogP contribution in [-0.2, 0) is 20.2 Å². The van der Waals surface area contributed by atoms with Crippen LogP contribution in [0.3, 0.4) is 0 Å². The molecule has 1 aliphatic rings. The lowest BCUT2D eigenvalue weighted by atomic mass is 10.1. The summed E-state index contributed by atoms with van der Waals surface area (Å²) in [7, 11) is -4.80. The van der Waals surface area contributed by atoms with Gasteiger partial charge in [0.05, 0.1) is 13.2 Å². The number of benzene rings is 1. The molecule has 1 aliphatic heterocycles. The van der Waals surface area contributed by atoms with Crippen LogP contribution in [0.2, 0.25) is 0 Å². The van der Waals surface area contributed by atoms with Crippen LogP contribution in [0.5, 0.6) is 5.75 Å². The maximum Gasteiger partial charge on any atom is 0.469 e. The Bertz CT molecular complexity index is 1100. The second-order valence-corrected chi connectivity index (χ2v) is 9.32. The van der Waals surface area contributed by atoms with E-state index in [1.54, 1.807) is 0 Å². The van der Waals surface area contributed by atoms with Crippen molar-refractivity contribution in [2.24, 2.45) is 0 Å². The van der Waals surface area contributed by atoms with Crippen molar-refractivity contribution < 1.29 is 38.6 Å². The molecule has 0 spiro atoms. The zero-order valence-corrected chi connectivity index (χ0v) is 19.6. The molecule has 182 valence electrons. The summed E-state index contributed by atoms with van der Waals surface area (Å²) in [4.78, 5) is 32.7. The molecule has 1 aromatic heterocycles. The summed E-state index contributed by atoms with van der Waals surface area (Å²) in [5, 5.41) is 20.5. The Balaban J connectivity index is 1.77. The van der Waals surface area contributed by atoms with Crippen LogP contribution in [0, 0.1) is 4.64 Å². The van der Waals surface area contributed by atoms with Crippen LogP contribution >= 0.6 is 20.0 Å². The van der Waals surface area contributed by atoms with Crippen molar-refractivity contribution in [1.29, 1.82) is 0 Å². The van der Waals surface area contributed by atoms with Gasteiger partial charge in [-0.25, -0.2) is 9.36 Å². The van der Waals surface area contributed by atoms with E-state index in [0.29, 0.717) is 18.6 Å². The van der Waals surface area contributed by atoms with Crippen molar-refractivity contribution in [3.63, 3.8) is 0 Å². The van der Waals surface area contributed by atoms with Gasteiger partial charge in [0.1, 0.15) is 28.7 Å². The van der Waals surface area contributed by atoms with E-state index in [4.69, 9.17) is 31.5 Å². The lowest BCUT2D eigenvalue weighted by molar-refractivity contribution is -0.0543. The second-order valence-electron chi connectivity index (χ2n) is 7.68. The van der Waals surface area contributed by atoms with Gasteiger partial charge in [0, 0.05) is 18.2 Å². The summed E-state index contributed by atoms with van der Waals surface area (Å²) in [5.74, 6) is 0.752. The van der Waals surface area contributed by atoms with Gasteiger partial charge in [0.2, 0.25) is 0 Å². The SMILES string of the molecule is CCCCOc1ccc(Cc2cn([C@@H]3O[C@H](COP(=O)(O)O)[C@@H](O)[C@H]3O)c(=O)[nH]c2=S)cc1. The Hall–Kier alpha value is -1.89. The highest BCUT2D eigenvalue weighted by molar-refractivity contribution is 7.71. The lowest BCUT2D eigenvalue weighted by Crippen LogP contribution is -2.36. The first-order valence-electron chi connectivity index (χ1n) is 10.4. The Morgan fingerprint density at radius 2 is 1.91 bits per heavy atom. The van der Waals surface area contributed by atoms with Crippen molar-refractivity contribution >= 4 is 20.0 Å². The zero-order valence-electron chi connectivity index (χ0n) is 17.9. The van der Waals surface area contributed by atoms with E-state index < -0.39 is 44.7 Å². The predicted molar refractivity (Wildman–Crippen MR) is 119 cm³/mol. The van der Waals surface area contributed by atoms with Crippen LogP contribution in [0.4, 0.5) is 0 Å². The molecule has 1 fully saturated rings. The maximum absolute atomic E-state index is 12.5. The molecule has 13 heteroatoms. The molecule has 0 bridgehead atoms. The average molecular weight is 502 g/mol. The number of phosphoric ester groups is 1. The highest BCUT2D eigenvalue weighted by atomic mass is 32.1. The Morgan fingerprint density at radius 1 is 1.21 bits per heavy atom. The number of H-pyrrole nitrogens is 1. The van der Waals surface area contributed by atoms with Crippen molar-refractivity contribution in [3.05, 3.63) is 56.7 Å². The van der Waals surface area contributed by atoms with E-state index >= 15 is 0 Å². The fourth-order valence-electron chi connectivity index (χ4n) is 3.37. The van der Waals surface area contributed by atoms with Crippen molar-refractivity contribution in [2.75, 3.05) is 13.2 Å². The molecule has 11 nitrogen and oxygen atoms in total. The Morgan fingerprint density at radius 3 is 2.55 bits per heavy atom. The van der Waals surface area contributed by atoms with Gasteiger partial charge in [-0.3, -0.25) is 14.1 Å². The summed E-state index contributed by atoms with van der Waals surface area (Å²) in [6.07, 6.45) is -1.81. The Kier molecular flexibility index (Phi) is 8.59. The van der Waals surface area contributed by atoms with E-state index in [-0.39, 0.29) is 4.64 Å². The first-order chi connectivity index (χ1) is 15.6. The van der Waals surface area contributed by atoms with E-state index in [1.807, 2.05) is 24.3 Å². The van der Waals surface area contributed by atoms with E-state index in [9.17, 15) is 19.6 Å². The number of ether oxygens (including phenoxy) is 2. The predicted octanol–water partition coefficient (Wildman–Crippen LogP) is 1.40. The number of aliphatic hydroxyl groups is 2. The summed E-state index contributed by atoms with van der Waals surface area (Å²) in [6, 6.07) is 7.45. The molecular weight excluding hydrogens is 475 g/mol. The summed E-state index contributed by atoms with van der Waals surface area (Å²) < 4.78 is 27.7. The van der Waals surface area contributed by atoms with Crippen LogP contribution in [0.15, 0.2) is 35.3 Å². The molecular formula is C20H27N2O9PS. The van der Waals surface area contributed by atoms with Crippen molar-refractivity contribution in [3.8, 4) is 5.75 Å². The van der Waals surface area contributed by atoms with Gasteiger partial charge >= 0.3 is 13.5 Å². The smallest absolute Gasteiger partial charge is 0.469 e. The quantitative estimate of drug-likeness (QED) is 0.182. The first-order valence-corrected chi connectivity index (χ1v) is 12.3. The maximum atomic E-state index is 12.5. The fourth-order valence-corrected chi connectivity index (χ4v) is 3.92. The van der Waals surface area contributed by atoms with Crippen LogP contribution < -0.4 is 10.4 Å². The highest BCUT2D eigenvalue weighted by Gasteiger charge is 2.45. The molecule has 0 saturated carbocycles. The van der Waals surface area contributed by atoms with Gasteiger partial charge < -0.3 is 29.5 Å². The molecule has 0 amide bonds. The third kappa shape index (κ3) is 6.81. The molecule has 2 heterocycles. The minimum atomic E-state index is -4.80. The first kappa shape index (κ1) is 25.7. The molecule has 2 aromatic rings. The van der Waals surface area contributed by atoms with Crippen molar-refractivity contribution in [2.45, 2.75) is 50.7 Å². The number of aliphatic hydroxyl groups excluding tert-OH is 2. The van der Waals surface area contributed by atoms with Gasteiger partial charge in [-0.15, -0.1) is 0 Å². The molecule has 1 saturated heterocycles. The van der Waals surface area contributed by atoms with Crippen LogP contribution in [0.1, 0.15) is 37.1 Å². The minimum Gasteiger partial charge on any atom is -0.494 e. The van der Waals surface area contributed by atoms with Gasteiger partial charge in [-0.2, -0.15) is 0 Å². The number of aromatic amines is 1. The van der Waals surface area contributed by atoms with Crippen LogP contribution in [-0.4, -0.2) is 61.1 Å². The van der Waals surface area contributed by atoms with E-state index in [1.165, 1.54) is 6.20 Å². The second kappa shape index (κ2) is 11.0. The molecule has 0 unspecified atom stereocenters. The number of aromatic nitrogens is 2. The largest absolute Gasteiger partial charge is 0.494 e. The molecule has 5 N–H and O–H groups in total. The lowest BCUT2D eigenvalue weighted by Gasteiger charge is -2.18. The fraction of sp³-hybridized carbons (Fsp3) is 0.500. The zero-order chi connectivity index (χ0) is 24.2. The van der Waals surface area contributed by atoms with E-state index in [0.717, 1.165) is 28.7 Å². The van der Waals surface area contributed by atoms with Crippen molar-refractivity contribution in [1.82, 2.24) is 9.55 Å². The minimum absolute atomic E-state index is 0.217. The van der Waals surface area contributed by atoms with Crippen LogP contribution in [0.25, 0.3) is 0 Å². The van der Waals surface area contributed by atoms with Gasteiger partial charge in [0.15, 0.2) is 6.23 Å². The topological polar surface area (TPSA) is 163 Å². The molecule has 33 heavy (non-hydrogen) atoms. The number of nitrogens with zero attached hydrogens (tertiary/aromatic N) is 1. The number of hydrogen-bond donors (Lipinski definition) is 5. The number of phosphoric acid groups is 1. The third-order valence-corrected chi connectivity index (χ3v) is 5.99. The molecule has 3 rings (SSSR count). The van der Waals surface area contributed by atoms with Gasteiger partial charge in [0.25, 0.3) is 0 Å². The number of rotatable bonds is 10. The standard InChI is InChI=1S/C20H27N2O9PS/c1-2-3-8-29-14-6-4-12(5-7-14)9-13-10-22(20(25)21-18(13)33)19-17(24)16(23)15(31-19)11-30-32(26,27)28/h4-7,10,15-17,19,23-24H,2-3,8-9,11H2,1H3,(H,21,25,33)(H2,26,27,28)/t15-,16-,17-,19-/m1/s1. The van der Waals surface area contributed by atoms with Gasteiger partial charge in [-0.1, -0.05) is 37.7 Å².